The first-order chi connectivity index (χ1) is 12.9. The lowest BCUT2D eigenvalue weighted by Gasteiger charge is -2.08. The van der Waals surface area contributed by atoms with Gasteiger partial charge in [0.15, 0.2) is 22.6 Å². The van der Waals surface area contributed by atoms with Gasteiger partial charge in [-0.05, 0) is 18.0 Å². The average molecular weight is 390 g/mol. The third-order valence-corrected chi connectivity index (χ3v) is 4.80. The Morgan fingerprint density at radius 3 is 2.63 bits per heavy atom. The van der Waals surface area contributed by atoms with Crippen LogP contribution in [0.3, 0.4) is 0 Å². The van der Waals surface area contributed by atoms with E-state index >= 15 is 0 Å². The predicted octanol–water partition coefficient (Wildman–Crippen LogP) is -0.101. The fourth-order valence-corrected chi connectivity index (χ4v) is 3.33. The van der Waals surface area contributed by atoms with Crippen molar-refractivity contribution in [3.05, 3.63) is 38.8 Å². The van der Waals surface area contributed by atoms with Gasteiger partial charge >= 0.3 is 5.69 Å². The highest BCUT2D eigenvalue weighted by atomic mass is 35.5. The highest BCUT2D eigenvalue weighted by Crippen LogP contribution is 2.18. The molecule has 0 aliphatic carbocycles. The quantitative estimate of drug-likeness (QED) is 0.482. The number of halogens is 1. The highest BCUT2D eigenvalue weighted by Gasteiger charge is 2.18. The summed E-state index contributed by atoms with van der Waals surface area (Å²) in [5, 5.41) is 0.158. The molecule has 4 heterocycles. The van der Waals surface area contributed by atoms with Crippen LogP contribution in [0.2, 0.25) is 5.28 Å². The summed E-state index contributed by atoms with van der Waals surface area (Å²) in [6.07, 6.45) is 3.67. The Morgan fingerprint density at radius 2 is 1.85 bits per heavy atom. The Hall–Kier alpha value is -3.21. The lowest BCUT2D eigenvalue weighted by atomic mass is 10.4. The monoisotopic (exact) mass is 389 g/mol. The zero-order valence-corrected chi connectivity index (χ0v) is 15.4. The van der Waals surface area contributed by atoms with Gasteiger partial charge in [0.1, 0.15) is 11.8 Å². The van der Waals surface area contributed by atoms with Crippen LogP contribution in [0.1, 0.15) is 6.42 Å². The first-order valence-electron chi connectivity index (χ1n) is 8.13. The van der Waals surface area contributed by atoms with Crippen molar-refractivity contribution in [2.45, 2.75) is 19.5 Å². The molecule has 0 fully saturated rings. The lowest BCUT2D eigenvalue weighted by molar-refractivity contribution is 0.575. The molecule has 12 heteroatoms. The third kappa shape index (κ3) is 2.58. The number of fused-ring (bicyclic) bond motifs is 2. The Morgan fingerprint density at radius 1 is 1.07 bits per heavy atom. The van der Waals surface area contributed by atoms with Crippen LogP contribution < -0.4 is 17.0 Å². The lowest BCUT2D eigenvalue weighted by Crippen LogP contribution is -2.37. The van der Waals surface area contributed by atoms with Gasteiger partial charge in [-0.1, -0.05) is 0 Å². The SMILES string of the molecule is Cn1c(=O)c2c(nc(Cl)n2CCCn2cnc3c(N)ncnc32)n(C)c1=O. The van der Waals surface area contributed by atoms with Gasteiger partial charge in [-0.15, -0.1) is 0 Å². The number of imidazole rings is 2. The van der Waals surface area contributed by atoms with Crippen molar-refractivity contribution < 1.29 is 0 Å². The van der Waals surface area contributed by atoms with Crippen molar-refractivity contribution >= 4 is 39.7 Å². The molecule has 0 atom stereocenters. The second-order valence-corrected chi connectivity index (χ2v) is 6.47. The molecule has 140 valence electrons. The van der Waals surface area contributed by atoms with Crippen LogP contribution in [-0.2, 0) is 27.2 Å². The molecule has 0 saturated carbocycles. The van der Waals surface area contributed by atoms with Crippen LogP contribution in [0.25, 0.3) is 22.3 Å². The van der Waals surface area contributed by atoms with Gasteiger partial charge in [0.05, 0.1) is 6.33 Å². The van der Waals surface area contributed by atoms with Crippen LogP contribution in [0.15, 0.2) is 22.2 Å². The predicted molar refractivity (Wildman–Crippen MR) is 99.6 cm³/mol. The largest absolute Gasteiger partial charge is 0.382 e. The van der Waals surface area contributed by atoms with Gasteiger partial charge < -0.3 is 14.9 Å². The molecule has 0 saturated heterocycles. The van der Waals surface area contributed by atoms with Crippen LogP contribution in [-0.4, -0.2) is 38.2 Å². The van der Waals surface area contributed by atoms with Gasteiger partial charge in [-0.2, -0.15) is 4.98 Å². The molecular formula is C15H16ClN9O2. The minimum Gasteiger partial charge on any atom is -0.382 e. The molecule has 4 rings (SSSR count). The summed E-state index contributed by atoms with van der Waals surface area (Å²) in [6.45, 7) is 1.01. The third-order valence-electron chi connectivity index (χ3n) is 4.51. The second-order valence-electron chi connectivity index (χ2n) is 6.13. The van der Waals surface area contributed by atoms with Gasteiger partial charge in [0, 0.05) is 27.2 Å². The first-order valence-corrected chi connectivity index (χ1v) is 8.51. The number of hydrogen-bond donors (Lipinski definition) is 1. The number of aryl methyl sites for hydroxylation is 3. The van der Waals surface area contributed by atoms with Gasteiger partial charge in [-0.3, -0.25) is 13.9 Å². The van der Waals surface area contributed by atoms with E-state index in [0.29, 0.717) is 42.0 Å². The number of nitrogens with two attached hydrogens (primary N) is 1. The Bertz CT molecular complexity index is 1300. The van der Waals surface area contributed by atoms with E-state index in [-0.39, 0.29) is 10.9 Å². The molecular weight excluding hydrogens is 374 g/mol. The number of anilines is 1. The molecule has 11 nitrogen and oxygen atoms in total. The maximum atomic E-state index is 12.5. The Labute approximate surface area is 156 Å². The van der Waals surface area contributed by atoms with Gasteiger partial charge in [0.2, 0.25) is 5.28 Å². The molecule has 0 aromatic carbocycles. The van der Waals surface area contributed by atoms with E-state index in [1.54, 1.807) is 17.9 Å². The number of nitrogen functional groups attached to an aromatic ring is 1. The molecule has 4 aromatic heterocycles. The summed E-state index contributed by atoms with van der Waals surface area (Å²) >= 11 is 6.22. The normalized spacial score (nSPS) is 11.7. The molecule has 0 bridgehead atoms. The fraction of sp³-hybridized carbons (Fsp3) is 0.333. The van der Waals surface area contributed by atoms with E-state index in [1.807, 2.05) is 4.57 Å². The summed E-state index contributed by atoms with van der Waals surface area (Å²) in [5.41, 5.74) is 6.67. The zero-order valence-electron chi connectivity index (χ0n) is 14.6. The highest BCUT2D eigenvalue weighted by molar-refractivity contribution is 6.29. The van der Waals surface area contributed by atoms with E-state index < -0.39 is 11.2 Å². The molecule has 0 aliphatic rings. The van der Waals surface area contributed by atoms with Crippen LogP contribution in [0.4, 0.5) is 5.82 Å². The van der Waals surface area contributed by atoms with Crippen molar-refractivity contribution in [2.24, 2.45) is 14.1 Å². The van der Waals surface area contributed by atoms with Gasteiger partial charge in [0.25, 0.3) is 5.56 Å². The van der Waals surface area contributed by atoms with Crippen LogP contribution in [0, 0.1) is 0 Å². The van der Waals surface area contributed by atoms with E-state index in [9.17, 15) is 9.59 Å². The average Bonchev–Trinajstić information content (AvgIpc) is 3.21. The molecule has 0 aliphatic heterocycles. The van der Waals surface area contributed by atoms with Crippen LogP contribution in [0.5, 0.6) is 0 Å². The van der Waals surface area contributed by atoms with E-state index in [1.165, 1.54) is 17.9 Å². The smallest absolute Gasteiger partial charge is 0.332 e. The maximum Gasteiger partial charge on any atom is 0.332 e. The van der Waals surface area contributed by atoms with Crippen molar-refractivity contribution in [2.75, 3.05) is 5.73 Å². The molecule has 0 unspecified atom stereocenters. The van der Waals surface area contributed by atoms with E-state index in [2.05, 4.69) is 19.9 Å². The summed E-state index contributed by atoms with van der Waals surface area (Å²) < 4.78 is 5.82. The van der Waals surface area contributed by atoms with Crippen LogP contribution >= 0.6 is 11.6 Å². The van der Waals surface area contributed by atoms with Crippen molar-refractivity contribution in [3.8, 4) is 0 Å². The van der Waals surface area contributed by atoms with E-state index in [0.717, 1.165) is 4.57 Å². The number of nitrogens with zero attached hydrogens (tertiary/aromatic N) is 8. The minimum atomic E-state index is -0.448. The molecule has 0 radical (unpaired) electrons. The summed E-state index contributed by atoms with van der Waals surface area (Å²) in [6, 6.07) is 0. The van der Waals surface area contributed by atoms with Crippen molar-refractivity contribution in [1.82, 2.24) is 38.2 Å². The minimum absolute atomic E-state index is 0.158. The summed E-state index contributed by atoms with van der Waals surface area (Å²) in [5.74, 6) is 0.326. The molecule has 2 N–H and O–H groups in total. The maximum absolute atomic E-state index is 12.5. The second kappa shape index (κ2) is 6.20. The van der Waals surface area contributed by atoms with E-state index in [4.69, 9.17) is 17.3 Å². The number of hydrogen-bond acceptors (Lipinski definition) is 7. The number of aromatic nitrogens is 8. The molecule has 0 amide bonds. The Balaban J connectivity index is 1.66. The zero-order chi connectivity index (χ0) is 19.3. The fourth-order valence-electron chi connectivity index (χ4n) is 3.09. The molecule has 27 heavy (non-hydrogen) atoms. The summed E-state index contributed by atoms with van der Waals surface area (Å²) in [7, 11) is 2.98. The molecule has 4 aromatic rings. The first kappa shape index (κ1) is 17.2. The van der Waals surface area contributed by atoms with Gasteiger partial charge in [-0.25, -0.2) is 19.7 Å². The Kier molecular flexibility index (Phi) is 3.95. The topological polar surface area (TPSA) is 131 Å². The summed E-state index contributed by atoms with van der Waals surface area (Å²) in [4.78, 5) is 41.1. The number of rotatable bonds is 4. The van der Waals surface area contributed by atoms with Crippen molar-refractivity contribution in [3.63, 3.8) is 0 Å². The van der Waals surface area contributed by atoms with Crippen molar-refractivity contribution in [1.29, 1.82) is 0 Å². The molecule has 0 spiro atoms. The standard InChI is InChI=1S/C15H16ClN9O2/c1-22-12-9(13(26)23(2)15(22)27)25(14(16)21-12)5-3-4-24-7-20-8-10(17)18-6-19-11(8)24/h6-7H,3-5H2,1-2H3,(H2,17,18,19).